The van der Waals surface area contributed by atoms with Gasteiger partial charge in [-0.25, -0.2) is 19.9 Å². The summed E-state index contributed by atoms with van der Waals surface area (Å²) < 4.78 is 5.63. The first-order chi connectivity index (χ1) is 16.7. The number of rotatable bonds is 5. The molecule has 4 aromatic rings. The van der Waals surface area contributed by atoms with E-state index in [4.69, 9.17) is 15.2 Å². The molecule has 1 aliphatic carbocycles. The van der Waals surface area contributed by atoms with E-state index in [0.29, 0.717) is 17.4 Å². The Hall–Kier alpha value is -3.92. The number of aromatic nitrogens is 6. The van der Waals surface area contributed by atoms with Crippen molar-refractivity contribution in [2.24, 2.45) is 0 Å². The molecule has 2 fully saturated rings. The maximum atomic E-state index is 5.63. The minimum absolute atomic E-state index is 0.244. The average molecular weight is 456 g/mol. The van der Waals surface area contributed by atoms with Gasteiger partial charge < -0.3 is 20.5 Å². The van der Waals surface area contributed by atoms with E-state index in [2.05, 4.69) is 59.6 Å². The minimum Gasteiger partial charge on any atom is -0.368 e. The Balaban J connectivity index is 1.24. The third kappa shape index (κ3) is 3.65. The van der Waals surface area contributed by atoms with Crippen LogP contribution >= 0.6 is 0 Å². The second kappa shape index (κ2) is 8.45. The first-order valence-electron chi connectivity index (χ1n) is 11.5. The van der Waals surface area contributed by atoms with Crippen LogP contribution in [0, 0.1) is 0 Å². The lowest BCUT2D eigenvalue weighted by Gasteiger charge is -2.39. The molecule has 34 heavy (non-hydrogen) atoms. The van der Waals surface area contributed by atoms with E-state index in [1.807, 2.05) is 0 Å². The van der Waals surface area contributed by atoms with Gasteiger partial charge >= 0.3 is 0 Å². The normalized spacial score (nSPS) is 17.4. The van der Waals surface area contributed by atoms with Crippen molar-refractivity contribution in [2.45, 2.75) is 24.7 Å². The molecule has 1 aliphatic heterocycles. The summed E-state index contributed by atoms with van der Waals surface area (Å²) in [5, 5.41) is 7.70. The lowest BCUT2D eigenvalue weighted by molar-refractivity contribution is 0.273. The van der Waals surface area contributed by atoms with E-state index in [1.165, 1.54) is 5.56 Å². The quantitative estimate of drug-likeness (QED) is 0.462. The van der Waals surface area contributed by atoms with Gasteiger partial charge in [-0.2, -0.15) is 4.98 Å². The molecule has 3 aromatic heterocycles. The van der Waals surface area contributed by atoms with Crippen LogP contribution in [-0.4, -0.2) is 56.3 Å². The van der Waals surface area contributed by atoms with E-state index >= 15 is 0 Å². The van der Waals surface area contributed by atoms with Crippen LogP contribution in [0.2, 0.25) is 0 Å². The summed E-state index contributed by atoms with van der Waals surface area (Å²) >= 11 is 0. The van der Waals surface area contributed by atoms with Crippen molar-refractivity contribution in [2.75, 3.05) is 36.8 Å². The third-order valence-corrected chi connectivity index (χ3v) is 6.80. The summed E-state index contributed by atoms with van der Waals surface area (Å²) in [6.07, 6.45) is 10.0. The van der Waals surface area contributed by atoms with Crippen molar-refractivity contribution < 1.29 is 4.52 Å². The van der Waals surface area contributed by atoms with Crippen LogP contribution in [-0.2, 0) is 5.41 Å². The van der Waals surface area contributed by atoms with Gasteiger partial charge in [-0.05, 0) is 24.0 Å². The van der Waals surface area contributed by atoms with Crippen molar-refractivity contribution >= 4 is 11.8 Å². The smallest absolute Gasteiger partial charge is 0.278 e. The molecule has 1 saturated carbocycles. The molecule has 0 spiro atoms. The second-order valence-corrected chi connectivity index (χ2v) is 8.76. The Morgan fingerprint density at radius 1 is 0.882 bits per heavy atom. The Morgan fingerprint density at radius 3 is 2.29 bits per heavy atom. The number of anilines is 2. The molecular formula is C24H25N9O. The van der Waals surface area contributed by atoms with Crippen LogP contribution in [0.25, 0.3) is 22.7 Å². The van der Waals surface area contributed by atoms with E-state index in [9.17, 15) is 0 Å². The highest BCUT2D eigenvalue weighted by Gasteiger charge is 2.44. The zero-order valence-electron chi connectivity index (χ0n) is 18.7. The van der Waals surface area contributed by atoms with Gasteiger partial charge in [0.05, 0.1) is 17.8 Å². The summed E-state index contributed by atoms with van der Waals surface area (Å²) in [7, 11) is 0. The molecule has 3 N–H and O–H groups in total. The maximum Gasteiger partial charge on any atom is 0.278 e. The third-order valence-electron chi connectivity index (χ3n) is 6.80. The molecule has 6 rings (SSSR count). The fourth-order valence-corrected chi connectivity index (χ4v) is 4.65. The molecular weight excluding hydrogens is 430 g/mol. The maximum absolute atomic E-state index is 5.63. The summed E-state index contributed by atoms with van der Waals surface area (Å²) in [6.45, 7) is 3.75. The van der Waals surface area contributed by atoms with Gasteiger partial charge in [0.15, 0.2) is 5.82 Å². The molecule has 0 amide bonds. The molecule has 0 bridgehead atoms. The van der Waals surface area contributed by atoms with Gasteiger partial charge in [0.1, 0.15) is 11.5 Å². The summed E-state index contributed by atoms with van der Waals surface area (Å²) in [4.78, 5) is 24.3. The van der Waals surface area contributed by atoms with Crippen LogP contribution in [0.4, 0.5) is 11.8 Å². The first kappa shape index (κ1) is 20.7. The number of hydrogen-bond donors (Lipinski definition) is 2. The highest BCUT2D eigenvalue weighted by Crippen LogP contribution is 2.48. The Labute approximate surface area is 196 Å². The van der Waals surface area contributed by atoms with Crippen LogP contribution in [0.1, 0.15) is 30.7 Å². The molecule has 10 nitrogen and oxygen atoms in total. The Morgan fingerprint density at radius 2 is 1.65 bits per heavy atom. The number of nitrogens with one attached hydrogen (secondary N) is 1. The SMILES string of the molecule is Nc1ncc(-c2ccc(C3(c4noc(-c5cnc(N6CCNCC6)cn5)n4)CCC3)cc2)cn1. The molecule has 172 valence electrons. The summed E-state index contributed by atoms with van der Waals surface area (Å²) in [5.74, 6) is 2.23. The molecule has 0 radical (unpaired) electrons. The van der Waals surface area contributed by atoms with Crippen molar-refractivity contribution in [3.63, 3.8) is 0 Å². The highest BCUT2D eigenvalue weighted by molar-refractivity contribution is 5.63. The van der Waals surface area contributed by atoms with E-state index in [0.717, 1.165) is 62.4 Å². The zero-order valence-corrected chi connectivity index (χ0v) is 18.7. The molecule has 0 atom stereocenters. The molecule has 1 aromatic carbocycles. The number of piperazine rings is 1. The van der Waals surface area contributed by atoms with Crippen LogP contribution < -0.4 is 16.0 Å². The predicted octanol–water partition coefficient (Wildman–Crippen LogP) is 2.45. The second-order valence-electron chi connectivity index (χ2n) is 8.76. The standard InChI is InChI=1S/C24H25N9O/c25-23-29-12-17(13-30-23)16-2-4-18(5-3-16)24(6-1-7-24)22-31-21(34-32-22)19-14-28-20(15-27-19)33-10-8-26-9-11-33/h2-5,12-15,26H,1,6-11H2,(H2,25,29,30). The van der Waals surface area contributed by atoms with Gasteiger partial charge in [0.25, 0.3) is 5.89 Å². The van der Waals surface area contributed by atoms with Gasteiger partial charge in [-0.1, -0.05) is 35.8 Å². The van der Waals surface area contributed by atoms with Crippen LogP contribution in [0.3, 0.4) is 0 Å². The van der Waals surface area contributed by atoms with Gasteiger partial charge in [0, 0.05) is 44.1 Å². The summed E-state index contributed by atoms with van der Waals surface area (Å²) in [5.41, 5.74) is 9.08. The van der Waals surface area contributed by atoms with Gasteiger partial charge in [-0.3, -0.25) is 0 Å². The van der Waals surface area contributed by atoms with Gasteiger partial charge in [-0.15, -0.1) is 0 Å². The van der Waals surface area contributed by atoms with Crippen molar-refractivity contribution in [1.82, 2.24) is 35.4 Å². The van der Waals surface area contributed by atoms with Crippen LogP contribution in [0.15, 0.2) is 53.6 Å². The molecule has 0 unspecified atom stereocenters. The van der Waals surface area contributed by atoms with Crippen molar-refractivity contribution in [3.05, 3.63) is 60.4 Å². The Bertz CT molecular complexity index is 1260. The molecule has 1 saturated heterocycles. The average Bonchev–Trinajstić information content (AvgIpc) is 3.35. The number of benzene rings is 1. The van der Waals surface area contributed by atoms with E-state index in [-0.39, 0.29) is 11.4 Å². The topological polar surface area (TPSA) is 132 Å². The monoisotopic (exact) mass is 455 g/mol. The largest absolute Gasteiger partial charge is 0.368 e. The molecule has 10 heteroatoms. The van der Waals surface area contributed by atoms with E-state index < -0.39 is 0 Å². The Kier molecular flexibility index (Phi) is 5.14. The lowest BCUT2D eigenvalue weighted by atomic mass is 9.64. The first-order valence-corrected chi connectivity index (χ1v) is 11.5. The molecule has 2 aliphatic rings. The molecule has 4 heterocycles. The number of nitrogens with zero attached hydrogens (tertiary/aromatic N) is 7. The van der Waals surface area contributed by atoms with E-state index in [1.54, 1.807) is 24.8 Å². The van der Waals surface area contributed by atoms with Gasteiger partial charge in [0.2, 0.25) is 5.95 Å². The summed E-state index contributed by atoms with van der Waals surface area (Å²) in [6, 6.07) is 8.41. The number of hydrogen-bond acceptors (Lipinski definition) is 10. The lowest BCUT2D eigenvalue weighted by Crippen LogP contribution is -2.43. The minimum atomic E-state index is -0.244. The predicted molar refractivity (Wildman–Crippen MR) is 127 cm³/mol. The number of nitrogen functional groups attached to an aromatic ring is 1. The zero-order chi connectivity index (χ0) is 23.0. The number of nitrogens with two attached hydrogens (primary N) is 1. The fourth-order valence-electron chi connectivity index (χ4n) is 4.65. The van der Waals surface area contributed by atoms with Crippen molar-refractivity contribution in [1.29, 1.82) is 0 Å². The highest BCUT2D eigenvalue weighted by atomic mass is 16.5. The van der Waals surface area contributed by atoms with Crippen LogP contribution in [0.5, 0.6) is 0 Å². The van der Waals surface area contributed by atoms with Crippen molar-refractivity contribution in [3.8, 4) is 22.7 Å². The fraction of sp³-hybridized carbons (Fsp3) is 0.333.